The third-order valence-electron chi connectivity index (χ3n) is 3.35. The van der Waals surface area contributed by atoms with E-state index in [9.17, 15) is 19.2 Å². The Morgan fingerprint density at radius 3 is 2.60 bits per heavy atom. The number of hydrogen-bond acceptors (Lipinski definition) is 4. The summed E-state index contributed by atoms with van der Waals surface area (Å²) in [6, 6.07) is -2.36. The van der Waals surface area contributed by atoms with Gasteiger partial charge < -0.3 is 16.4 Å². The van der Waals surface area contributed by atoms with Crippen LogP contribution in [0.25, 0.3) is 0 Å². The maximum Gasteiger partial charge on any atom is 0.312 e. The Kier molecular flexibility index (Phi) is 5.48. The minimum absolute atomic E-state index is 0.129. The number of primary amides is 1. The Morgan fingerprint density at radius 2 is 2.10 bits per heavy atom. The van der Waals surface area contributed by atoms with Gasteiger partial charge in [-0.3, -0.25) is 19.7 Å². The zero-order valence-corrected chi connectivity index (χ0v) is 11.6. The van der Waals surface area contributed by atoms with Crippen LogP contribution < -0.4 is 21.7 Å². The lowest BCUT2D eigenvalue weighted by Crippen LogP contribution is -2.58. The van der Waals surface area contributed by atoms with E-state index < -0.39 is 29.9 Å². The lowest BCUT2D eigenvalue weighted by Gasteiger charge is -2.27. The van der Waals surface area contributed by atoms with Gasteiger partial charge in [0.05, 0.1) is 0 Å². The standard InChI is InChI=1S/C12H20N4O4/c1-3-6(2)9(16-12(13)20)11(19)14-7-4-5-8(17)15-10(7)18/h6-7,9H,3-5H2,1-2H3,(H,14,19)(H3,13,16,20)(H,15,17,18). The molecule has 0 aromatic carbocycles. The largest absolute Gasteiger partial charge is 0.352 e. The van der Waals surface area contributed by atoms with Crippen molar-refractivity contribution in [3.63, 3.8) is 0 Å². The first-order valence-corrected chi connectivity index (χ1v) is 6.55. The Hall–Kier alpha value is -2.12. The fourth-order valence-corrected chi connectivity index (χ4v) is 1.95. The molecular formula is C12H20N4O4. The second-order valence-corrected chi connectivity index (χ2v) is 4.88. The van der Waals surface area contributed by atoms with Crippen LogP contribution in [0.4, 0.5) is 4.79 Å². The van der Waals surface area contributed by atoms with Crippen LogP contribution in [0, 0.1) is 5.92 Å². The summed E-state index contributed by atoms with van der Waals surface area (Å²) in [7, 11) is 0. The van der Waals surface area contributed by atoms with E-state index in [0.29, 0.717) is 6.42 Å². The number of imide groups is 1. The Bertz CT molecular complexity index is 424. The monoisotopic (exact) mass is 284 g/mol. The number of piperidine rings is 1. The minimum atomic E-state index is -0.803. The molecular weight excluding hydrogens is 264 g/mol. The van der Waals surface area contributed by atoms with Crippen LogP contribution in [0.15, 0.2) is 0 Å². The van der Waals surface area contributed by atoms with Crippen molar-refractivity contribution in [1.29, 1.82) is 0 Å². The van der Waals surface area contributed by atoms with Gasteiger partial charge in [0.15, 0.2) is 0 Å². The number of urea groups is 1. The van der Waals surface area contributed by atoms with Gasteiger partial charge >= 0.3 is 6.03 Å². The summed E-state index contributed by atoms with van der Waals surface area (Å²) in [4.78, 5) is 45.7. The molecule has 1 saturated heterocycles. The summed E-state index contributed by atoms with van der Waals surface area (Å²) in [6.45, 7) is 3.67. The highest BCUT2D eigenvalue weighted by Gasteiger charge is 2.32. The first-order valence-electron chi connectivity index (χ1n) is 6.55. The van der Waals surface area contributed by atoms with E-state index >= 15 is 0 Å². The summed E-state index contributed by atoms with van der Waals surface area (Å²) >= 11 is 0. The number of nitrogens with two attached hydrogens (primary N) is 1. The normalized spacial score (nSPS) is 21.6. The number of rotatable bonds is 5. The molecule has 0 radical (unpaired) electrons. The third kappa shape index (κ3) is 4.22. The summed E-state index contributed by atoms with van der Waals surface area (Å²) in [5.74, 6) is -1.49. The van der Waals surface area contributed by atoms with E-state index in [1.165, 1.54) is 0 Å². The molecule has 1 rings (SSSR count). The number of hydrogen-bond donors (Lipinski definition) is 4. The topological polar surface area (TPSA) is 130 Å². The number of nitrogens with one attached hydrogen (secondary N) is 3. The van der Waals surface area contributed by atoms with E-state index in [0.717, 1.165) is 0 Å². The van der Waals surface area contributed by atoms with Crippen LogP contribution in [-0.4, -0.2) is 35.8 Å². The van der Waals surface area contributed by atoms with Crippen molar-refractivity contribution < 1.29 is 19.2 Å². The van der Waals surface area contributed by atoms with Crippen molar-refractivity contribution in [1.82, 2.24) is 16.0 Å². The molecule has 0 bridgehead atoms. The summed E-state index contributed by atoms with van der Waals surface area (Å²) in [6.07, 6.45) is 1.09. The Balaban J connectivity index is 2.68. The highest BCUT2D eigenvalue weighted by atomic mass is 16.2. The third-order valence-corrected chi connectivity index (χ3v) is 3.35. The second kappa shape index (κ2) is 6.88. The van der Waals surface area contributed by atoms with Crippen molar-refractivity contribution in [2.45, 2.75) is 45.2 Å². The molecule has 0 saturated carbocycles. The van der Waals surface area contributed by atoms with Crippen molar-refractivity contribution in [3.05, 3.63) is 0 Å². The predicted molar refractivity (Wildman–Crippen MR) is 70.3 cm³/mol. The van der Waals surface area contributed by atoms with Crippen molar-refractivity contribution in [3.8, 4) is 0 Å². The first-order chi connectivity index (χ1) is 9.35. The summed E-state index contributed by atoms with van der Waals surface area (Å²) in [5, 5.41) is 7.06. The lowest BCUT2D eigenvalue weighted by atomic mass is 9.97. The van der Waals surface area contributed by atoms with Crippen LogP contribution in [0.3, 0.4) is 0 Å². The van der Waals surface area contributed by atoms with Crippen molar-refractivity contribution in [2.75, 3.05) is 0 Å². The highest BCUT2D eigenvalue weighted by Crippen LogP contribution is 2.10. The molecule has 8 heteroatoms. The molecule has 5 N–H and O–H groups in total. The molecule has 1 aliphatic rings. The second-order valence-electron chi connectivity index (χ2n) is 4.88. The SMILES string of the molecule is CCC(C)C(NC(N)=O)C(=O)NC1CCC(=O)NC1=O. The smallest absolute Gasteiger partial charge is 0.312 e. The number of carbonyl (C=O) groups is 4. The number of amides is 5. The average molecular weight is 284 g/mol. The Morgan fingerprint density at radius 1 is 1.45 bits per heavy atom. The molecule has 112 valence electrons. The summed E-state index contributed by atoms with van der Waals surface area (Å²) < 4.78 is 0. The maximum atomic E-state index is 12.1. The molecule has 0 spiro atoms. The van der Waals surface area contributed by atoms with E-state index in [2.05, 4.69) is 16.0 Å². The molecule has 1 fully saturated rings. The van der Waals surface area contributed by atoms with Gasteiger partial charge in [0.25, 0.3) is 0 Å². The van der Waals surface area contributed by atoms with Crippen LogP contribution in [-0.2, 0) is 14.4 Å². The average Bonchev–Trinajstić information content (AvgIpc) is 2.38. The Labute approximate surface area is 116 Å². The van der Waals surface area contributed by atoms with E-state index in [1.54, 1.807) is 6.92 Å². The molecule has 20 heavy (non-hydrogen) atoms. The quantitative estimate of drug-likeness (QED) is 0.482. The predicted octanol–water partition coefficient (Wildman–Crippen LogP) is -1.01. The van der Waals surface area contributed by atoms with Gasteiger partial charge in [-0.2, -0.15) is 0 Å². The van der Waals surface area contributed by atoms with E-state index in [1.807, 2.05) is 6.92 Å². The molecule has 1 heterocycles. The molecule has 0 aliphatic carbocycles. The molecule has 3 atom stereocenters. The van der Waals surface area contributed by atoms with Gasteiger partial charge in [-0.25, -0.2) is 4.79 Å². The van der Waals surface area contributed by atoms with Crippen LogP contribution in [0.5, 0.6) is 0 Å². The molecule has 1 aliphatic heterocycles. The fourth-order valence-electron chi connectivity index (χ4n) is 1.95. The summed E-state index contributed by atoms with van der Waals surface area (Å²) in [5.41, 5.74) is 5.05. The zero-order valence-electron chi connectivity index (χ0n) is 11.6. The first kappa shape index (κ1) is 15.9. The molecule has 0 aromatic rings. The van der Waals surface area contributed by atoms with Crippen molar-refractivity contribution in [2.24, 2.45) is 11.7 Å². The molecule has 8 nitrogen and oxygen atoms in total. The molecule has 0 aromatic heterocycles. The van der Waals surface area contributed by atoms with E-state index in [4.69, 9.17) is 5.73 Å². The van der Waals surface area contributed by atoms with Crippen LogP contribution in [0.1, 0.15) is 33.1 Å². The van der Waals surface area contributed by atoms with Crippen molar-refractivity contribution >= 4 is 23.8 Å². The van der Waals surface area contributed by atoms with Gasteiger partial charge in [0.2, 0.25) is 17.7 Å². The maximum absolute atomic E-state index is 12.1. The minimum Gasteiger partial charge on any atom is -0.352 e. The fraction of sp³-hybridized carbons (Fsp3) is 0.667. The zero-order chi connectivity index (χ0) is 15.3. The molecule has 5 amide bonds. The lowest BCUT2D eigenvalue weighted by molar-refractivity contribution is -0.137. The molecule has 3 unspecified atom stereocenters. The van der Waals surface area contributed by atoms with E-state index in [-0.39, 0.29) is 24.7 Å². The van der Waals surface area contributed by atoms with Gasteiger partial charge in [-0.05, 0) is 12.3 Å². The van der Waals surface area contributed by atoms with Gasteiger partial charge in [0.1, 0.15) is 12.1 Å². The van der Waals surface area contributed by atoms with Gasteiger partial charge in [0, 0.05) is 6.42 Å². The number of carbonyl (C=O) groups excluding carboxylic acids is 4. The van der Waals surface area contributed by atoms with Gasteiger partial charge in [-0.15, -0.1) is 0 Å². The van der Waals surface area contributed by atoms with Gasteiger partial charge in [-0.1, -0.05) is 20.3 Å². The highest BCUT2D eigenvalue weighted by molar-refractivity contribution is 6.02. The van der Waals surface area contributed by atoms with Crippen LogP contribution in [0.2, 0.25) is 0 Å². The van der Waals surface area contributed by atoms with Crippen LogP contribution >= 0.6 is 0 Å².